The van der Waals surface area contributed by atoms with Crippen molar-refractivity contribution in [2.24, 2.45) is 0 Å². The summed E-state index contributed by atoms with van der Waals surface area (Å²) in [4.78, 5) is 0. The molecule has 198 valence electrons. The molecule has 2 atom stereocenters. The van der Waals surface area contributed by atoms with Gasteiger partial charge in [-0.3, -0.25) is 0 Å². The van der Waals surface area contributed by atoms with Crippen LogP contribution in [0.5, 0.6) is 0 Å². The highest BCUT2D eigenvalue weighted by atomic mass is 14.5. The Morgan fingerprint density at radius 3 is 2.50 bits per heavy atom. The van der Waals surface area contributed by atoms with Gasteiger partial charge in [-0.1, -0.05) is 164 Å². The number of fused-ring (bicyclic) bond motifs is 3. The number of hydrogen-bond acceptors (Lipinski definition) is 0. The van der Waals surface area contributed by atoms with Crippen LogP contribution >= 0.6 is 0 Å². The van der Waals surface area contributed by atoms with Crippen LogP contribution in [0.15, 0.2) is 158 Å². The van der Waals surface area contributed by atoms with Crippen LogP contribution in [0.4, 0.5) is 0 Å². The summed E-state index contributed by atoms with van der Waals surface area (Å²) >= 11 is 0. The highest BCUT2D eigenvalue weighted by molar-refractivity contribution is 5.83. The minimum atomic E-state index is -0.310. The molecule has 2 unspecified atom stereocenters. The van der Waals surface area contributed by atoms with Crippen LogP contribution in [-0.4, -0.2) is 0 Å². The molecule has 2 aliphatic rings. The summed E-state index contributed by atoms with van der Waals surface area (Å²) in [5, 5.41) is 0. The normalized spacial score (nSPS) is 22.6. The first-order valence-electron chi connectivity index (χ1n) is 14.1. The molecule has 0 aromatic heterocycles. The average molecular weight is 519 g/mol. The van der Waals surface area contributed by atoms with Gasteiger partial charge in [0, 0.05) is 10.8 Å². The Morgan fingerprint density at radius 2 is 1.65 bits per heavy atom. The second kappa shape index (κ2) is 11.8. The Bertz CT molecular complexity index is 1600. The van der Waals surface area contributed by atoms with Gasteiger partial charge in [-0.05, 0) is 65.6 Å². The molecule has 0 aliphatic heterocycles. The summed E-state index contributed by atoms with van der Waals surface area (Å²) in [7, 11) is 0. The molecule has 0 saturated heterocycles. The van der Waals surface area contributed by atoms with Gasteiger partial charge in [-0.2, -0.15) is 0 Å². The van der Waals surface area contributed by atoms with Gasteiger partial charge >= 0.3 is 0 Å². The first-order chi connectivity index (χ1) is 19.5. The molecular weight excluding hydrogens is 480 g/mol. The summed E-state index contributed by atoms with van der Waals surface area (Å²) in [5.74, 6) is 0. The van der Waals surface area contributed by atoms with Crippen molar-refractivity contribution in [2.75, 3.05) is 0 Å². The molecule has 0 heteroatoms. The first-order valence-corrected chi connectivity index (χ1v) is 14.1. The Balaban J connectivity index is 1.72. The molecule has 0 radical (unpaired) electrons. The van der Waals surface area contributed by atoms with E-state index >= 15 is 0 Å². The second-order valence-corrected chi connectivity index (χ2v) is 10.9. The number of hydrogen-bond donors (Lipinski definition) is 0. The van der Waals surface area contributed by atoms with Crippen molar-refractivity contribution in [3.8, 4) is 11.1 Å². The number of rotatable bonds is 8. The molecule has 0 amide bonds. The standard InChI is InChI=1S/C40H38/c1-5-7-8-9-14-28-40-29-15-10-13-27-39(4,33-20-16-19-32(30-33)26-25-31(3)18-6-2)37-24-17-22-35(38(37)40)34-21-11-12-23-36(34)40/h5-27,30H,1-2,28-29H2,3-4H3/b8-7-,14-9-,15-10-,26-25?,27-13?,31-18-. The number of benzene rings is 3. The molecule has 5 rings (SSSR count). The quantitative estimate of drug-likeness (QED) is 0.260. The van der Waals surface area contributed by atoms with E-state index in [0.29, 0.717) is 0 Å². The molecule has 0 heterocycles. The molecule has 0 spiro atoms. The van der Waals surface area contributed by atoms with Crippen LogP contribution in [0.25, 0.3) is 17.2 Å². The van der Waals surface area contributed by atoms with Crippen LogP contribution < -0.4 is 0 Å². The van der Waals surface area contributed by atoms with Gasteiger partial charge in [0.25, 0.3) is 0 Å². The third-order valence-corrected chi connectivity index (χ3v) is 8.34. The molecule has 0 nitrogen and oxygen atoms in total. The highest BCUT2D eigenvalue weighted by Gasteiger charge is 2.46. The maximum absolute atomic E-state index is 3.82. The summed E-state index contributed by atoms with van der Waals surface area (Å²) in [5.41, 5.74) is 10.2. The highest BCUT2D eigenvalue weighted by Crippen LogP contribution is 2.57. The zero-order valence-electron chi connectivity index (χ0n) is 23.7. The summed E-state index contributed by atoms with van der Waals surface area (Å²) in [6.45, 7) is 12.1. The van der Waals surface area contributed by atoms with Gasteiger partial charge in [0.1, 0.15) is 0 Å². The van der Waals surface area contributed by atoms with Crippen LogP contribution in [0, 0.1) is 0 Å². The largest absolute Gasteiger partial charge is 0.0991 e. The van der Waals surface area contributed by atoms with Crippen molar-refractivity contribution < 1.29 is 0 Å². The zero-order valence-corrected chi connectivity index (χ0v) is 23.7. The van der Waals surface area contributed by atoms with Crippen molar-refractivity contribution in [1.82, 2.24) is 0 Å². The topological polar surface area (TPSA) is 0 Å². The minimum Gasteiger partial charge on any atom is -0.0991 e. The summed E-state index contributed by atoms with van der Waals surface area (Å²) in [6.07, 6.45) is 29.6. The lowest BCUT2D eigenvalue weighted by Gasteiger charge is -2.37. The van der Waals surface area contributed by atoms with E-state index in [4.69, 9.17) is 0 Å². The third-order valence-electron chi connectivity index (χ3n) is 8.34. The summed E-state index contributed by atoms with van der Waals surface area (Å²) < 4.78 is 0. The van der Waals surface area contributed by atoms with E-state index in [1.165, 1.54) is 44.5 Å². The average Bonchev–Trinajstić information content (AvgIpc) is 3.28. The van der Waals surface area contributed by atoms with E-state index in [-0.39, 0.29) is 10.8 Å². The van der Waals surface area contributed by atoms with Gasteiger partial charge in [0.05, 0.1) is 0 Å². The fourth-order valence-electron chi connectivity index (χ4n) is 6.36. The Labute approximate surface area is 240 Å². The SMILES string of the molecule is C=C/C=C\C=C/CC12C/C=C\C=CC(C)(c3cccc(C=C/C(C)=C\C=C)c3)c3cccc(c31)-c1ccccc12. The van der Waals surface area contributed by atoms with Gasteiger partial charge in [0.15, 0.2) is 0 Å². The predicted octanol–water partition coefficient (Wildman–Crippen LogP) is 10.6. The third kappa shape index (κ3) is 4.98. The monoisotopic (exact) mass is 518 g/mol. The fourth-order valence-corrected chi connectivity index (χ4v) is 6.36. The van der Waals surface area contributed by atoms with E-state index in [1.807, 2.05) is 24.3 Å². The van der Waals surface area contributed by atoms with Gasteiger partial charge < -0.3 is 0 Å². The van der Waals surface area contributed by atoms with E-state index < -0.39 is 0 Å². The molecule has 40 heavy (non-hydrogen) atoms. The van der Waals surface area contributed by atoms with E-state index in [9.17, 15) is 0 Å². The zero-order chi connectivity index (χ0) is 28.0. The van der Waals surface area contributed by atoms with Crippen LogP contribution in [0.2, 0.25) is 0 Å². The van der Waals surface area contributed by atoms with Crippen LogP contribution in [0.3, 0.4) is 0 Å². The van der Waals surface area contributed by atoms with E-state index in [1.54, 1.807) is 0 Å². The lowest BCUT2D eigenvalue weighted by atomic mass is 9.65. The molecular formula is C40H38. The van der Waals surface area contributed by atoms with Gasteiger partial charge in [0.2, 0.25) is 0 Å². The lowest BCUT2D eigenvalue weighted by molar-refractivity contribution is 0.528. The Morgan fingerprint density at radius 1 is 0.850 bits per heavy atom. The number of allylic oxidation sites excluding steroid dienone is 13. The molecule has 0 bridgehead atoms. The fraction of sp³-hybridized carbons (Fsp3) is 0.150. The lowest BCUT2D eigenvalue weighted by Crippen LogP contribution is -2.30. The maximum Gasteiger partial charge on any atom is 0.0360 e. The molecule has 0 saturated carbocycles. The van der Waals surface area contributed by atoms with Crippen LogP contribution in [-0.2, 0) is 10.8 Å². The predicted molar refractivity (Wildman–Crippen MR) is 175 cm³/mol. The van der Waals surface area contributed by atoms with Gasteiger partial charge in [-0.15, -0.1) is 0 Å². The molecule has 0 fully saturated rings. The van der Waals surface area contributed by atoms with Gasteiger partial charge in [-0.25, -0.2) is 0 Å². The summed E-state index contributed by atoms with van der Waals surface area (Å²) in [6, 6.07) is 24.9. The Hall–Kier alpha value is -4.42. The smallest absolute Gasteiger partial charge is 0.0360 e. The molecule has 2 aliphatic carbocycles. The maximum atomic E-state index is 3.82. The van der Waals surface area contributed by atoms with Crippen LogP contribution in [0.1, 0.15) is 54.5 Å². The Kier molecular flexibility index (Phi) is 7.99. The molecule has 3 aromatic carbocycles. The van der Waals surface area contributed by atoms with Crippen molar-refractivity contribution in [1.29, 1.82) is 0 Å². The molecule has 3 aromatic rings. The van der Waals surface area contributed by atoms with E-state index in [0.717, 1.165) is 12.8 Å². The van der Waals surface area contributed by atoms with Crippen molar-refractivity contribution in [3.05, 3.63) is 186 Å². The van der Waals surface area contributed by atoms with Crippen molar-refractivity contribution >= 4 is 6.08 Å². The second-order valence-electron chi connectivity index (χ2n) is 10.9. The first kappa shape index (κ1) is 27.2. The minimum absolute atomic E-state index is 0.144. The molecule has 0 N–H and O–H groups in total. The van der Waals surface area contributed by atoms with Crippen molar-refractivity contribution in [3.63, 3.8) is 0 Å². The van der Waals surface area contributed by atoms with Crippen molar-refractivity contribution in [2.45, 2.75) is 37.5 Å². The van der Waals surface area contributed by atoms with E-state index in [2.05, 4.69) is 148 Å².